The van der Waals surface area contributed by atoms with E-state index in [9.17, 15) is 14.9 Å². The molecular weight excluding hydrogens is 494 g/mol. The molecule has 9 nitrogen and oxygen atoms in total. The normalized spacial score (nSPS) is 11.3. The van der Waals surface area contributed by atoms with E-state index in [0.29, 0.717) is 33.8 Å². The predicted octanol–water partition coefficient (Wildman–Crippen LogP) is 6.89. The molecule has 5 rings (SSSR count). The molecule has 0 fully saturated rings. The number of furan rings is 1. The van der Waals surface area contributed by atoms with Crippen LogP contribution in [0.2, 0.25) is 0 Å². The molecule has 196 valence electrons. The molecule has 0 radical (unpaired) electrons. The quantitative estimate of drug-likeness (QED) is 0.128. The summed E-state index contributed by atoms with van der Waals surface area (Å²) < 4.78 is 5.74. The first-order valence-corrected chi connectivity index (χ1v) is 12.7. The number of hydrogen-bond acceptors (Lipinski definition) is 6. The van der Waals surface area contributed by atoms with Crippen LogP contribution in [0.1, 0.15) is 36.7 Å². The third kappa shape index (κ3) is 5.93. The van der Waals surface area contributed by atoms with Crippen molar-refractivity contribution in [2.75, 3.05) is 5.32 Å². The second-order valence-electron chi connectivity index (χ2n) is 9.27. The Balaban J connectivity index is 1.26. The Bertz CT molecular complexity index is 1680. The van der Waals surface area contributed by atoms with Crippen molar-refractivity contribution in [1.29, 1.82) is 0 Å². The highest BCUT2D eigenvalue weighted by atomic mass is 16.6. The maximum atomic E-state index is 12.5. The van der Waals surface area contributed by atoms with E-state index < -0.39 is 4.92 Å². The number of unbranched alkanes of at least 4 members (excludes halogenated alkanes) is 1. The molecule has 0 saturated heterocycles. The number of nitrogens with zero attached hydrogens (tertiary/aromatic N) is 4. The molecule has 0 spiro atoms. The number of nitro benzene ring substituents is 1. The molecular formula is C30H27N5O4. The van der Waals surface area contributed by atoms with E-state index in [1.807, 2.05) is 12.1 Å². The molecule has 9 heteroatoms. The fraction of sp³-hybridized carbons (Fsp3) is 0.167. The first-order valence-electron chi connectivity index (χ1n) is 12.7. The largest absolute Gasteiger partial charge is 0.456 e. The minimum absolute atomic E-state index is 0.0334. The number of rotatable bonds is 9. The van der Waals surface area contributed by atoms with Gasteiger partial charge in [0.15, 0.2) is 0 Å². The van der Waals surface area contributed by atoms with Gasteiger partial charge in [-0.05, 0) is 85.5 Å². The Labute approximate surface area is 224 Å². The third-order valence-electron chi connectivity index (χ3n) is 6.28. The summed E-state index contributed by atoms with van der Waals surface area (Å²) in [6.45, 7) is 3.97. The van der Waals surface area contributed by atoms with Gasteiger partial charge in [0.2, 0.25) is 5.91 Å². The number of carbonyl (C=O) groups excluding carboxylic acids is 1. The van der Waals surface area contributed by atoms with E-state index >= 15 is 0 Å². The summed E-state index contributed by atoms with van der Waals surface area (Å²) in [5.41, 5.74) is 5.23. The minimum Gasteiger partial charge on any atom is -0.456 e. The number of nitro groups is 1. The van der Waals surface area contributed by atoms with Gasteiger partial charge in [-0.25, -0.2) is 0 Å². The maximum Gasteiger partial charge on any atom is 0.280 e. The maximum absolute atomic E-state index is 12.5. The number of hydrogen-bond donors (Lipinski definition) is 1. The van der Waals surface area contributed by atoms with Crippen LogP contribution in [0.25, 0.3) is 34.1 Å². The first kappa shape index (κ1) is 25.6. The summed E-state index contributed by atoms with van der Waals surface area (Å²) in [6, 6.07) is 21.8. The molecule has 1 amide bonds. The summed E-state index contributed by atoms with van der Waals surface area (Å²) in [5.74, 6) is 0.392. The number of amides is 1. The highest BCUT2D eigenvalue weighted by Crippen LogP contribution is 2.32. The Morgan fingerprint density at radius 3 is 2.59 bits per heavy atom. The second-order valence-corrected chi connectivity index (χ2v) is 9.27. The molecule has 1 N–H and O–H groups in total. The lowest BCUT2D eigenvalue weighted by Gasteiger charge is -2.02. The number of aryl methyl sites for hydroxylation is 2. The molecule has 0 aliphatic carbocycles. The van der Waals surface area contributed by atoms with E-state index in [2.05, 4.69) is 34.6 Å². The van der Waals surface area contributed by atoms with E-state index in [1.165, 1.54) is 23.8 Å². The average Bonchev–Trinajstić information content (AvgIpc) is 3.58. The Morgan fingerprint density at radius 1 is 1.03 bits per heavy atom. The zero-order valence-electron chi connectivity index (χ0n) is 21.6. The lowest BCUT2D eigenvalue weighted by Crippen LogP contribution is -2.07. The number of benzene rings is 3. The molecule has 0 aliphatic heterocycles. The highest BCUT2D eigenvalue weighted by molar-refractivity contribution is 6.02. The number of anilines is 1. The molecule has 5 aromatic rings. The van der Waals surface area contributed by atoms with Crippen LogP contribution < -0.4 is 5.32 Å². The number of aromatic nitrogens is 3. The lowest BCUT2D eigenvalue weighted by molar-refractivity contribution is -0.384. The van der Waals surface area contributed by atoms with Crippen molar-refractivity contribution in [3.8, 4) is 17.0 Å². The van der Waals surface area contributed by atoms with Crippen LogP contribution in [0.3, 0.4) is 0 Å². The molecule has 2 aromatic heterocycles. The van der Waals surface area contributed by atoms with Gasteiger partial charge in [0.25, 0.3) is 5.69 Å². The van der Waals surface area contributed by atoms with Gasteiger partial charge in [-0.3, -0.25) is 14.9 Å². The minimum atomic E-state index is -0.437. The van der Waals surface area contributed by atoms with Crippen molar-refractivity contribution in [2.24, 2.45) is 0 Å². The number of carbonyl (C=O) groups is 1. The van der Waals surface area contributed by atoms with Crippen LogP contribution in [0.15, 0.2) is 83.3 Å². The number of nitrogens with one attached hydrogen (secondary N) is 1. The van der Waals surface area contributed by atoms with Gasteiger partial charge in [-0.1, -0.05) is 31.5 Å². The van der Waals surface area contributed by atoms with Gasteiger partial charge >= 0.3 is 0 Å². The van der Waals surface area contributed by atoms with Crippen LogP contribution in [0.4, 0.5) is 11.4 Å². The Kier molecular flexibility index (Phi) is 7.31. The smallest absolute Gasteiger partial charge is 0.280 e. The molecule has 3 aromatic carbocycles. The van der Waals surface area contributed by atoms with Crippen LogP contribution in [-0.2, 0) is 11.2 Å². The van der Waals surface area contributed by atoms with Gasteiger partial charge in [0, 0.05) is 17.8 Å². The summed E-state index contributed by atoms with van der Waals surface area (Å²) in [4.78, 5) is 25.1. The van der Waals surface area contributed by atoms with Crippen molar-refractivity contribution >= 4 is 34.4 Å². The second kappa shape index (κ2) is 11.1. The van der Waals surface area contributed by atoms with Crippen LogP contribution in [0.5, 0.6) is 0 Å². The van der Waals surface area contributed by atoms with E-state index in [1.54, 1.807) is 54.2 Å². The lowest BCUT2D eigenvalue weighted by atomic mass is 10.1. The van der Waals surface area contributed by atoms with Crippen molar-refractivity contribution in [3.05, 3.63) is 106 Å². The Morgan fingerprint density at radius 2 is 1.82 bits per heavy atom. The molecule has 0 atom stereocenters. The monoisotopic (exact) mass is 521 g/mol. The SMILES string of the molecule is CCCCc1ccc(-n2nc3ccc(NC(=O)/C=C/c4ccc(-c5ccc(C)cc5[N+](=O)[O-])o4)cc3n2)cc1. The molecule has 0 aliphatic rings. The predicted molar refractivity (Wildman–Crippen MR) is 151 cm³/mol. The van der Waals surface area contributed by atoms with Crippen LogP contribution >= 0.6 is 0 Å². The van der Waals surface area contributed by atoms with Crippen molar-refractivity contribution in [1.82, 2.24) is 15.0 Å². The van der Waals surface area contributed by atoms with E-state index in [4.69, 9.17) is 4.42 Å². The fourth-order valence-corrected chi connectivity index (χ4v) is 4.21. The Hall–Kier alpha value is -5.05. The van der Waals surface area contributed by atoms with Crippen molar-refractivity contribution < 1.29 is 14.1 Å². The van der Waals surface area contributed by atoms with E-state index in [0.717, 1.165) is 30.5 Å². The third-order valence-corrected chi connectivity index (χ3v) is 6.28. The fourth-order valence-electron chi connectivity index (χ4n) is 4.21. The summed E-state index contributed by atoms with van der Waals surface area (Å²) in [6.07, 6.45) is 6.23. The van der Waals surface area contributed by atoms with Crippen LogP contribution in [-0.4, -0.2) is 25.8 Å². The molecule has 0 saturated carbocycles. The highest BCUT2D eigenvalue weighted by Gasteiger charge is 2.18. The summed E-state index contributed by atoms with van der Waals surface area (Å²) in [7, 11) is 0. The zero-order chi connectivity index (χ0) is 27.4. The average molecular weight is 522 g/mol. The molecule has 2 heterocycles. The molecule has 39 heavy (non-hydrogen) atoms. The zero-order valence-corrected chi connectivity index (χ0v) is 21.6. The topological polar surface area (TPSA) is 116 Å². The van der Waals surface area contributed by atoms with Crippen molar-refractivity contribution in [2.45, 2.75) is 33.1 Å². The van der Waals surface area contributed by atoms with E-state index in [-0.39, 0.29) is 11.6 Å². The van der Waals surface area contributed by atoms with Gasteiger partial charge in [0.1, 0.15) is 22.6 Å². The molecule has 0 unspecified atom stereocenters. The van der Waals surface area contributed by atoms with Gasteiger partial charge in [0.05, 0.1) is 16.2 Å². The first-order chi connectivity index (χ1) is 18.9. The van der Waals surface area contributed by atoms with Crippen molar-refractivity contribution in [3.63, 3.8) is 0 Å². The van der Waals surface area contributed by atoms with Gasteiger partial charge < -0.3 is 9.73 Å². The van der Waals surface area contributed by atoms with Crippen LogP contribution in [0, 0.1) is 17.0 Å². The number of fused-ring (bicyclic) bond motifs is 1. The van der Waals surface area contributed by atoms with Gasteiger partial charge in [-0.15, -0.1) is 10.2 Å². The van der Waals surface area contributed by atoms with Gasteiger partial charge in [-0.2, -0.15) is 4.80 Å². The summed E-state index contributed by atoms with van der Waals surface area (Å²) >= 11 is 0. The molecule has 0 bridgehead atoms. The standard InChI is InChI=1S/C30H27N5O4/c1-3-4-5-21-7-10-23(11-8-21)34-32-26-15-9-22(19-27(26)33-34)31-30(36)17-13-24-12-16-29(39-24)25-14-6-20(2)18-28(25)35(37)38/h6-19H,3-5H2,1-2H3,(H,31,36)/b17-13+. The summed E-state index contributed by atoms with van der Waals surface area (Å²) in [5, 5.41) is 23.4.